The molecule has 57 heavy (non-hydrogen) atoms. The molecule has 0 aliphatic heterocycles. The molecule has 0 amide bonds. The van der Waals surface area contributed by atoms with Gasteiger partial charge in [0.1, 0.15) is 13.2 Å². The van der Waals surface area contributed by atoms with Crippen molar-refractivity contribution < 1.29 is 28.6 Å². The van der Waals surface area contributed by atoms with Gasteiger partial charge in [0.25, 0.3) is 0 Å². The highest BCUT2D eigenvalue weighted by Crippen LogP contribution is 2.14. The van der Waals surface area contributed by atoms with Crippen molar-refractivity contribution in [2.75, 3.05) is 13.2 Å². The molecule has 0 aromatic heterocycles. The van der Waals surface area contributed by atoms with Gasteiger partial charge in [0.05, 0.1) is 0 Å². The van der Waals surface area contributed by atoms with E-state index in [0.717, 1.165) is 103 Å². The summed E-state index contributed by atoms with van der Waals surface area (Å²) in [6.45, 7) is 6.53. The van der Waals surface area contributed by atoms with Gasteiger partial charge in [0.15, 0.2) is 6.10 Å². The van der Waals surface area contributed by atoms with Gasteiger partial charge in [0.2, 0.25) is 0 Å². The molecule has 1 unspecified atom stereocenters. The number of carbonyl (C=O) groups excluding carboxylic acids is 3. The van der Waals surface area contributed by atoms with Crippen molar-refractivity contribution in [2.45, 2.75) is 245 Å². The van der Waals surface area contributed by atoms with Gasteiger partial charge in [-0.2, -0.15) is 0 Å². The highest BCUT2D eigenvalue weighted by molar-refractivity contribution is 5.71. The molecule has 0 saturated heterocycles. The summed E-state index contributed by atoms with van der Waals surface area (Å²) in [6, 6.07) is 0. The Morgan fingerprint density at radius 3 is 1.04 bits per heavy atom. The lowest BCUT2D eigenvalue weighted by molar-refractivity contribution is -0.167. The molecule has 330 valence electrons. The normalized spacial score (nSPS) is 12.4. The average Bonchev–Trinajstić information content (AvgIpc) is 3.21. The molecule has 6 nitrogen and oxygen atoms in total. The topological polar surface area (TPSA) is 78.9 Å². The Hall–Kier alpha value is -2.63. The van der Waals surface area contributed by atoms with Gasteiger partial charge in [0, 0.05) is 19.3 Å². The van der Waals surface area contributed by atoms with E-state index in [9.17, 15) is 14.4 Å². The number of hydrogen-bond acceptors (Lipinski definition) is 6. The molecule has 0 heterocycles. The molecule has 0 saturated carbocycles. The molecule has 0 rings (SSSR count). The Kier molecular flexibility index (Phi) is 43.9. The van der Waals surface area contributed by atoms with Gasteiger partial charge in [-0.1, -0.05) is 191 Å². The van der Waals surface area contributed by atoms with Crippen molar-refractivity contribution in [2.24, 2.45) is 0 Å². The SMILES string of the molecule is CCCC/C=C\C/C=C\CCCCCCCC(=O)OC(COC(=O)CCCCCCC/C=C\C/C=C\CCCCCC)COC(=O)CCCCCCCCCCC. The molecule has 0 fully saturated rings. The van der Waals surface area contributed by atoms with Gasteiger partial charge in [-0.05, 0) is 77.0 Å². The summed E-state index contributed by atoms with van der Waals surface area (Å²) in [4.78, 5) is 37.8. The molecule has 0 aliphatic carbocycles. The Morgan fingerprint density at radius 1 is 0.351 bits per heavy atom. The van der Waals surface area contributed by atoms with E-state index in [1.165, 1.54) is 96.3 Å². The third kappa shape index (κ3) is 44.3. The van der Waals surface area contributed by atoms with Crippen LogP contribution in [0.15, 0.2) is 48.6 Å². The summed E-state index contributed by atoms with van der Waals surface area (Å²) >= 11 is 0. The standard InChI is InChI=1S/C51H90O6/c1-4-7-10-13-16-19-21-23-25-26-28-29-32-35-38-41-44-50(53)56-47-48(46-55-49(52)43-40-37-34-31-18-15-12-9-6-3)57-51(54)45-42-39-36-33-30-27-24-22-20-17-14-11-8-5-2/h14,17,19,21-22,24-26,48H,4-13,15-16,18,20,23,27-47H2,1-3H3/b17-14-,21-19-,24-22-,26-25-. The molecule has 0 N–H and O–H groups in total. The van der Waals surface area contributed by atoms with Gasteiger partial charge < -0.3 is 14.2 Å². The van der Waals surface area contributed by atoms with Crippen LogP contribution < -0.4 is 0 Å². The highest BCUT2D eigenvalue weighted by atomic mass is 16.6. The third-order valence-corrected chi connectivity index (χ3v) is 10.3. The molecule has 0 aliphatic rings. The quantitative estimate of drug-likeness (QED) is 0.0265. The van der Waals surface area contributed by atoms with Crippen LogP contribution >= 0.6 is 0 Å². The van der Waals surface area contributed by atoms with Crippen molar-refractivity contribution in [3.05, 3.63) is 48.6 Å². The average molecular weight is 799 g/mol. The maximum absolute atomic E-state index is 12.7. The van der Waals surface area contributed by atoms with Crippen LogP contribution in [0.1, 0.15) is 239 Å². The molecular weight excluding hydrogens is 709 g/mol. The summed E-state index contributed by atoms with van der Waals surface area (Å²) in [5.41, 5.74) is 0. The summed E-state index contributed by atoms with van der Waals surface area (Å²) in [6.07, 6.45) is 53.7. The summed E-state index contributed by atoms with van der Waals surface area (Å²) < 4.78 is 16.7. The second-order valence-electron chi connectivity index (χ2n) is 16.0. The number of esters is 3. The second-order valence-corrected chi connectivity index (χ2v) is 16.0. The number of carbonyl (C=O) groups is 3. The monoisotopic (exact) mass is 799 g/mol. The number of unbranched alkanes of at least 4 members (excludes halogenated alkanes) is 24. The van der Waals surface area contributed by atoms with E-state index in [0.29, 0.717) is 19.3 Å². The van der Waals surface area contributed by atoms with Crippen LogP contribution in [0.5, 0.6) is 0 Å². The highest BCUT2D eigenvalue weighted by Gasteiger charge is 2.19. The first-order valence-corrected chi connectivity index (χ1v) is 24.1. The van der Waals surface area contributed by atoms with Crippen LogP contribution in [0.3, 0.4) is 0 Å². The lowest BCUT2D eigenvalue weighted by Crippen LogP contribution is -2.30. The minimum Gasteiger partial charge on any atom is -0.462 e. The molecule has 0 bridgehead atoms. The minimum atomic E-state index is -0.781. The van der Waals surface area contributed by atoms with Gasteiger partial charge in [-0.15, -0.1) is 0 Å². The summed E-state index contributed by atoms with van der Waals surface area (Å²) in [5.74, 6) is -0.911. The van der Waals surface area contributed by atoms with E-state index < -0.39 is 6.10 Å². The van der Waals surface area contributed by atoms with Crippen LogP contribution in [-0.4, -0.2) is 37.2 Å². The Bertz CT molecular complexity index is 1010. The smallest absolute Gasteiger partial charge is 0.306 e. The lowest BCUT2D eigenvalue weighted by Gasteiger charge is -2.18. The van der Waals surface area contributed by atoms with Gasteiger partial charge in [-0.3, -0.25) is 14.4 Å². The summed E-state index contributed by atoms with van der Waals surface area (Å²) in [5, 5.41) is 0. The first-order valence-electron chi connectivity index (χ1n) is 24.1. The fourth-order valence-electron chi connectivity index (χ4n) is 6.61. The van der Waals surface area contributed by atoms with E-state index in [2.05, 4.69) is 69.4 Å². The fourth-order valence-corrected chi connectivity index (χ4v) is 6.61. The van der Waals surface area contributed by atoms with Crippen molar-refractivity contribution >= 4 is 17.9 Å². The van der Waals surface area contributed by atoms with Gasteiger partial charge in [-0.25, -0.2) is 0 Å². The van der Waals surface area contributed by atoms with E-state index in [1.807, 2.05) is 0 Å². The lowest BCUT2D eigenvalue weighted by atomic mass is 10.1. The molecule has 0 aromatic carbocycles. The molecular formula is C51H90O6. The number of allylic oxidation sites excluding steroid dienone is 8. The fraction of sp³-hybridized carbons (Fsp3) is 0.784. The largest absolute Gasteiger partial charge is 0.462 e. The van der Waals surface area contributed by atoms with Gasteiger partial charge >= 0.3 is 17.9 Å². The summed E-state index contributed by atoms with van der Waals surface area (Å²) in [7, 11) is 0. The Labute approximate surface area is 352 Å². The molecule has 0 aromatic rings. The van der Waals surface area contributed by atoms with E-state index in [-0.39, 0.29) is 31.1 Å². The predicted molar refractivity (Wildman–Crippen MR) is 242 cm³/mol. The molecule has 1 atom stereocenters. The molecule has 0 spiro atoms. The maximum Gasteiger partial charge on any atom is 0.306 e. The maximum atomic E-state index is 12.7. The van der Waals surface area contributed by atoms with Crippen molar-refractivity contribution in [3.8, 4) is 0 Å². The van der Waals surface area contributed by atoms with Crippen molar-refractivity contribution in [1.29, 1.82) is 0 Å². The zero-order valence-electron chi connectivity index (χ0n) is 37.6. The Morgan fingerprint density at radius 2 is 0.649 bits per heavy atom. The predicted octanol–water partition coefficient (Wildman–Crippen LogP) is 15.5. The van der Waals surface area contributed by atoms with Crippen LogP contribution in [-0.2, 0) is 28.6 Å². The first-order chi connectivity index (χ1) is 28.0. The number of ether oxygens (including phenoxy) is 3. The Balaban J connectivity index is 4.38. The van der Waals surface area contributed by atoms with E-state index in [1.54, 1.807) is 0 Å². The second kappa shape index (κ2) is 46.1. The van der Waals surface area contributed by atoms with Crippen molar-refractivity contribution in [1.82, 2.24) is 0 Å². The van der Waals surface area contributed by atoms with Crippen LogP contribution in [0.2, 0.25) is 0 Å². The minimum absolute atomic E-state index is 0.0822. The third-order valence-electron chi connectivity index (χ3n) is 10.3. The molecule has 0 radical (unpaired) electrons. The zero-order chi connectivity index (χ0) is 41.5. The van der Waals surface area contributed by atoms with E-state index >= 15 is 0 Å². The van der Waals surface area contributed by atoms with Crippen LogP contribution in [0.4, 0.5) is 0 Å². The number of hydrogen-bond donors (Lipinski definition) is 0. The zero-order valence-corrected chi connectivity index (χ0v) is 37.6. The first kappa shape index (κ1) is 54.4. The number of rotatable bonds is 43. The van der Waals surface area contributed by atoms with Crippen molar-refractivity contribution in [3.63, 3.8) is 0 Å². The molecule has 6 heteroatoms. The van der Waals surface area contributed by atoms with Crippen LogP contribution in [0.25, 0.3) is 0 Å². The van der Waals surface area contributed by atoms with E-state index in [4.69, 9.17) is 14.2 Å². The van der Waals surface area contributed by atoms with Crippen LogP contribution in [0, 0.1) is 0 Å².